The van der Waals surface area contributed by atoms with Crippen LogP contribution < -0.4 is 15.7 Å². The van der Waals surface area contributed by atoms with Crippen LogP contribution in [0.2, 0.25) is 0 Å². The summed E-state index contributed by atoms with van der Waals surface area (Å²) in [7, 11) is 1.61. The van der Waals surface area contributed by atoms with E-state index in [0.29, 0.717) is 17.4 Å². The number of anilines is 1. The molecule has 2 aliphatic carbocycles. The van der Waals surface area contributed by atoms with Crippen LogP contribution in [0, 0.1) is 0 Å². The summed E-state index contributed by atoms with van der Waals surface area (Å²) >= 11 is 0. The maximum absolute atomic E-state index is 14.6. The summed E-state index contributed by atoms with van der Waals surface area (Å²) in [5, 5.41) is 4.44. The van der Waals surface area contributed by atoms with Gasteiger partial charge in [0.05, 0.1) is 30.3 Å². The van der Waals surface area contributed by atoms with E-state index in [9.17, 15) is 4.79 Å². The molecule has 1 fully saturated rings. The van der Waals surface area contributed by atoms with E-state index in [1.165, 1.54) is 12.0 Å². The molecular formula is C30H29N5O2. The van der Waals surface area contributed by atoms with Crippen LogP contribution in [0.5, 0.6) is 5.75 Å². The number of ether oxygens (including phenoxy) is 1. The summed E-state index contributed by atoms with van der Waals surface area (Å²) in [6.45, 7) is 0. The number of methoxy groups -OCH3 is 1. The minimum atomic E-state index is -0.214. The third kappa shape index (κ3) is 4.10. The number of hydrazone groups is 1. The Morgan fingerprint density at radius 1 is 1.00 bits per heavy atom. The summed E-state index contributed by atoms with van der Waals surface area (Å²) in [5.41, 5.74) is 8.18. The zero-order chi connectivity index (χ0) is 25.2. The molecule has 1 N–H and O–H groups in total. The first kappa shape index (κ1) is 23.2. The maximum Gasteiger partial charge on any atom is 0.264 e. The molecule has 6 rings (SSSR count). The van der Waals surface area contributed by atoms with Gasteiger partial charge in [0.2, 0.25) is 5.95 Å². The second-order valence-electron chi connectivity index (χ2n) is 9.80. The molecule has 37 heavy (non-hydrogen) atoms. The third-order valence-electron chi connectivity index (χ3n) is 7.64. The lowest BCUT2D eigenvalue weighted by molar-refractivity contribution is 0.284. The fraction of sp³-hybridized carbons (Fsp3) is 0.267. The van der Waals surface area contributed by atoms with Crippen LogP contribution >= 0.6 is 0 Å². The monoisotopic (exact) mass is 491 g/mol. The summed E-state index contributed by atoms with van der Waals surface area (Å²) in [6.07, 6.45) is 11.4. The predicted molar refractivity (Wildman–Crippen MR) is 146 cm³/mol. The molecule has 0 saturated heterocycles. The Morgan fingerprint density at radius 2 is 1.76 bits per heavy atom. The van der Waals surface area contributed by atoms with Gasteiger partial charge in [-0.25, -0.2) is 15.0 Å². The van der Waals surface area contributed by atoms with Gasteiger partial charge in [0.1, 0.15) is 5.75 Å². The second-order valence-corrected chi connectivity index (χ2v) is 9.80. The molecule has 0 bridgehead atoms. The number of para-hydroxylation sites is 2. The van der Waals surface area contributed by atoms with E-state index in [1.54, 1.807) is 30.3 Å². The molecule has 2 aliphatic rings. The fourth-order valence-corrected chi connectivity index (χ4v) is 5.93. The first-order valence-electron chi connectivity index (χ1n) is 12.8. The Labute approximate surface area is 215 Å². The van der Waals surface area contributed by atoms with E-state index in [4.69, 9.17) is 9.72 Å². The van der Waals surface area contributed by atoms with Gasteiger partial charge in [-0.15, -0.1) is 0 Å². The predicted octanol–water partition coefficient (Wildman–Crippen LogP) is 5.51. The second kappa shape index (κ2) is 9.65. The minimum Gasteiger partial charge on any atom is -0.495 e. The molecule has 2 aromatic heterocycles. The molecule has 0 radical (unpaired) electrons. The van der Waals surface area contributed by atoms with Crippen LogP contribution in [0.3, 0.4) is 0 Å². The van der Waals surface area contributed by atoms with Crippen molar-refractivity contribution >= 4 is 12.2 Å². The molecule has 0 unspecified atom stereocenters. The lowest BCUT2D eigenvalue weighted by Crippen LogP contribution is -2.43. The van der Waals surface area contributed by atoms with Gasteiger partial charge in [-0.1, -0.05) is 55.7 Å². The molecule has 2 heterocycles. The van der Waals surface area contributed by atoms with E-state index in [0.717, 1.165) is 54.5 Å². The topological polar surface area (TPSA) is 81.4 Å². The lowest BCUT2D eigenvalue weighted by Gasteiger charge is -2.42. The van der Waals surface area contributed by atoms with Gasteiger partial charge in [-0.05, 0) is 54.7 Å². The number of nitrogens with zero attached hydrogens (tertiary/aromatic N) is 4. The molecule has 4 aromatic rings. The highest BCUT2D eigenvalue weighted by Gasteiger charge is 2.43. The van der Waals surface area contributed by atoms with E-state index in [2.05, 4.69) is 33.7 Å². The van der Waals surface area contributed by atoms with Crippen LogP contribution in [0.25, 0.3) is 16.9 Å². The van der Waals surface area contributed by atoms with Crippen LogP contribution in [-0.2, 0) is 11.8 Å². The summed E-state index contributed by atoms with van der Waals surface area (Å²) < 4.78 is 7.29. The number of pyridine rings is 1. The molecule has 2 aromatic carbocycles. The van der Waals surface area contributed by atoms with Crippen molar-refractivity contribution in [2.75, 3.05) is 12.5 Å². The number of hydrogen-bond donors (Lipinski definition) is 1. The zero-order valence-electron chi connectivity index (χ0n) is 20.9. The molecule has 0 amide bonds. The molecule has 7 heteroatoms. The molecule has 1 saturated carbocycles. The Kier molecular flexibility index (Phi) is 6.04. The Hall–Kier alpha value is -4.26. The van der Waals surface area contributed by atoms with Crippen molar-refractivity contribution in [3.05, 3.63) is 100 Å². The van der Waals surface area contributed by atoms with Crippen molar-refractivity contribution in [3.63, 3.8) is 0 Å². The van der Waals surface area contributed by atoms with E-state index in [1.807, 2.05) is 42.5 Å². The van der Waals surface area contributed by atoms with Gasteiger partial charge in [-0.2, -0.15) is 5.10 Å². The van der Waals surface area contributed by atoms with Gasteiger partial charge >= 0.3 is 0 Å². The number of hydrogen-bond acceptors (Lipinski definition) is 6. The Morgan fingerprint density at radius 3 is 2.57 bits per heavy atom. The number of nitrogens with one attached hydrogen (secondary N) is 1. The third-order valence-corrected chi connectivity index (χ3v) is 7.64. The van der Waals surface area contributed by atoms with Crippen LogP contribution in [0.1, 0.15) is 48.8 Å². The summed E-state index contributed by atoms with van der Waals surface area (Å²) in [4.78, 5) is 23.8. The maximum atomic E-state index is 14.6. The van der Waals surface area contributed by atoms with Crippen molar-refractivity contribution in [1.29, 1.82) is 0 Å². The highest BCUT2D eigenvalue weighted by atomic mass is 16.5. The molecule has 186 valence electrons. The first-order chi connectivity index (χ1) is 18.2. The van der Waals surface area contributed by atoms with E-state index < -0.39 is 0 Å². The van der Waals surface area contributed by atoms with Gasteiger partial charge in [0, 0.05) is 23.4 Å². The fourth-order valence-electron chi connectivity index (χ4n) is 5.93. The van der Waals surface area contributed by atoms with Crippen molar-refractivity contribution in [1.82, 2.24) is 14.5 Å². The SMILES string of the molecule is COc1ccccc1-n1c(N/N=C\c2ccncc2)nc2c(c1=O)C1(CCCCC1)Cc1ccccc1-2. The lowest BCUT2D eigenvalue weighted by atomic mass is 9.62. The first-order valence-corrected chi connectivity index (χ1v) is 12.8. The quantitative estimate of drug-likeness (QED) is 0.294. The number of rotatable bonds is 5. The largest absolute Gasteiger partial charge is 0.495 e. The van der Waals surface area contributed by atoms with Crippen LogP contribution in [0.4, 0.5) is 5.95 Å². The zero-order valence-corrected chi connectivity index (χ0v) is 20.9. The summed E-state index contributed by atoms with van der Waals surface area (Å²) in [6, 6.07) is 19.6. The number of benzene rings is 2. The van der Waals surface area contributed by atoms with E-state index in [-0.39, 0.29) is 11.0 Å². The average Bonchev–Trinajstić information content (AvgIpc) is 2.94. The molecular weight excluding hydrogens is 462 g/mol. The van der Waals surface area contributed by atoms with Crippen molar-refractivity contribution < 1.29 is 4.74 Å². The average molecular weight is 492 g/mol. The molecule has 0 aliphatic heterocycles. The van der Waals surface area contributed by atoms with Gasteiger partial charge in [0.15, 0.2) is 0 Å². The minimum absolute atomic E-state index is 0.0625. The Bertz CT molecular complexity index is 1520. The molecule has 0 atom stereocenters. The highest BCUT2D eigenvalue weighted by Crippen LogP contribution is 2.49. The van der Waals surface area contributed by atoms with Crippen molar-refractivity contribution in [2.24, 2.45) is 5.10 Å². The standard InChI is InChI=1S/C30H29N5O2/c1-37-25-12-6-5-11-24(25)35-28(36)26-27(33-29(35)34-32-20-21-13-17-31-18-14-21)23-10-4-3-9-22(23)19-30(26)15-7-2-8-16-30/h3-6,9-14,17-18,20H,2,7-8,15-16,19H2,1H3,(H,33,34)/b32-20-. The normalized spacial score (nSPS) is 15.8. The highest BCUT2D eigenvalue weighted by molar-refractivity contribution is 5.80. The molecule has 1 spiro atoms. The van der Waals surface area contributed by atoms with E-state index >= 15 is 0 Å². The van der Waals surface area contributed by atoms with Crippen molar-refractivity contribution in [2.45, 2.75) is 43.9 Å². The van der Waals surface area contributed by atoms with Gasteiger partial charge in [-0.3, -0.25) is 9.78 Å². The van der Waals surface area contributed by atoms with Gasteiger partial charge in [0.25, 0.3) is 5.56 Å². The smallest absolute Gasteiger partial charge is 0.264 e. The number of fused-ring (bicyclic) bond motifs is 4. The summed E-state index contributed by atoms with van der Waals surface area (Å²) in [5.74, 6) is 0.947. The molecule has 7 nitrogen and oxygen atoms in total. The van der Waals surface area contributed by atoms with Crippen LogP contribution in [0.15, 0.2) is 83.0 Å². The van der Waals surface area contributed by atoms with Crippen LogP contribution in [-0.4, -0.2) is 27.9 Å². The van der Waals surface area contributed by atoms with Crippen molar-refractivity contribution in [3.8, 4) is 22.7 Å². The number of aromatic nitrogens is 3. The van der Waals surface area contributed by atoms with Gasteiger partial charge < -0.3 is 4.74 Å². The Balaban J connectivity index is 1.60.